The summed E-state index contributed by atoms with van der Waals surface area (Å²) in [7, 11) is -3.87. The summed E-state index contributed by atoms with van der Waals surface area (Å²) in [5.41, 5.74) is 6.98. The topological polar surface area (TPSA) is 98.0 Å². The number of nitrogens with two attached hydrogens (primary N) is 1. The molecular formula is C8H6Cl2N4O2S2. The number of hydrogen-bond acceptors (Lipinski definition) is 6. The largest absolute Gasteiger partial charge is 0.396 e. The van der Waals surface area contributed by atoms with E-state index in [2.05, 4.69) is 14.9 Å². The van der Waals surface area contributed by atoms with Crippen LogP contribution in [0.4, 0.5) is 10.8 Å². The predicted molar refractivity (Wildman–Crippen MR) is 71.6 cm³/mol. The normalized spacial score (nSPS) is 11.4. The summed E-state index contributed by atoms with van der Waals surface area (Å²) in [6.45, 7) is 0. The zero-order chi connectivity index (χ0) is 13.3. The molecule has 0 aliphatic rings. The Morgan fingerprint density at radius 3 is 2.67 bits per heavy atom. The number of benzene rings is 1. The predicted octanol–water partition coefficient (Wildman–Crippen LogP) is 2.23. The molecular weight excluding hydrogens is 319 g/mol. The Balaban J connectivity index is 2.45. The Kier molecular flexibility index (Phi) is 3.62. The third kappa shape index (κ3) is 2.51. The van der Waals surface area contributed by atoms with Gasteiger partial charge in [-0.25, -0.2) is 8.42 Å². The molecule has 0 fully saturated rings. The van der Waals surface area contributed by atoms with Crippen molar-refractivity contribution in [3.8, 4) is 0 Å². The second kappa shape index (κ2) is 4.88. The number of anilines is 2. The molecule has 2 rings (SSSR count). The van der Waals surface area contributed by atoms with Crippen LogP contribution in [0.2, 0.25) is 10.0 Å². The third-order valence-electron chi connectivity index (χ3n) is 1.96. The SMILES string of the molecule is Nc1c(Cl)ccc(S(=O)(=O)Nc2nncs2)c1Cl. The average Bonchev–Trinajstić information content (AvgIpc) is 2.77. The maximum atomic E-state index is 12.0. The molecule has 0 saturated heterocycles. The molecule has 0 aliphatic carbocycles. The minimum absolute atomic E-state index is 0.0125. The van der Waals surface area contributed by atoms with Gasteiger partial charge in [-0.15, -0.1) is 10.2 Å². The molecule has 1 aromatic carbocycles. The second-order valence-electron chi connectivity index (χ2n) is 3.12. The van der Waals surface area contributed by atoms with Crippen LogP contribution in [0.1, 0.15) is 0 Å². The van der Waals surface area contributed by atoms with Gasteiger partial charge in [0.25, 0.3) is 10.0 Å². The lowest BCUT2D eigenvalue weighted by Crippen LogP contribution is -2.14. The maximum absolute atomic E-state index is 12.0. The van der Waals surface area contributed by atoms with Gasteiger partial charge in [0.2, 0.25) is 5.13 Å². The second-order valence-corrected chi connectivity index (χ2v) is 6.39. The van der Waals surface area contributed by atoms with Gasteiger partial charge in [-0.3, -0.25) is 4.72 Å². The van der Waals surface area contributed by atoms with Crippen LogP contribution < -0.4 is 10.5 Å². The highest BCUT2D eigenvalue weighted by Crippen LogP contribution is 2.33. The molecule has 0 amide bonds. The summed E-state index contributed by atoms with van der Waals surface area (Å²) < 4.78 is 26.3. The summed E-state index contributed by atoms with van der Waals surface area (Å²) in [4.78, 5) is -0.165. The van der Waals surface area contributed by atoms with Crippen LogP contribution in [-0.2, 0) is 10.0 Å². The minimum atomic E-state index is -3.87. The van der Waals surface area contributed by atoms with Gasteiger partial charge in [0.15, 0.2) is 0 Å². The highest BCUT2D eigenvalue weighted by atomic mass is 35.5. The monoisotopic (exact) mass is 324 g/mol. The summed E-state index contributed by atoms with van der Waals surface area (Å²) >= 11 is 12.6. The Labute approximate surface area is 117 Å². The van der Waals surface area contributed by atoms with Gasteiger partial charge in [-0.05, 0) is 12.1 Å². The number of nitrogens with zero attached hydrogens (tertiary/aromatic N) is 2. The molecule has 0 radical (unpaired) electrons. The highest BCUT2D eigenvalue weighted by molar-refractivity contribution is 7.93. The van der Waals surface area contributed by atoms with Crippen molar-refractivity contribution >= 4 is 55.4 Å². The first-order valence-corrected chi connectivity index (χ1v) is 7.56. The van der Waals surface area contributed by atoms with Crippen LogP contribution in [0.15, 0.2) is 22.5 Å². The first kappa shape index (κ1) is 13.3. The fraction of sp³-hybridized carbons (Fsp3) is 0. The quantitative estimate of drug-likeness (QED) is 0.843. The molecule has 18 heavy (non-hydrogen) atoms. The maximum Gasteiger partial charge on any atom is 0.265 e. The van der Waals surface area contributed by atoms with Crippen molar-refractivity contribution in [3.05, 3.63) is 27.7 Å². The van der Waals surface area contributed by atoms with Crippen molar-refractivity contribution in [1.82, 2.24) is 10.2 Å². The number of nitrogen functional groups attached to an aromatic ring is 1. The zero-order valence-electron chi connectivity index (χ0n) is 8.59. The molecule has 0 unspecified atom stereocenters. The van der Waals surface area contributed by atoms with Gasteiger partial charge < -0.3 is 5.73 Å². The van der Waals surface area contributed by atoms with Crippen LogP contribution in [-0.4, -0.2) is 18.6 Å². The van der Waals surface area contributed by atoms with Gasteiger partial charge in [0.05, 0.1) is 15.7 Å². The van der Waals surface area contributed by atoms with E-state index in [-0.39, 0.29) is 25.8 Å². The Morgan fingerprint density at radius 1 is 1.33 bits per heavy atom. The number of sulfonamides is 1. The highest BCUT2D eigenvalue weighted by Gasteiger charge is 2.21. The number of rotatable bonds is 3. The molecule has 96 valence electrons. The van der Waals surface area contributed by atoms with Crippen molar-refractivity contribution in [2.45, 2.75) is 4.90 Å². The summed E-state index contributed by atoms with van der Waals surface area (Å²) in [5.74, 6) is 0. The van der Waals surface area contributed by atoms with Gasteiger partial charge in [-0.2, -0.15) is 0 Å². The summed E-state index contributed by atoms with van der Waals surface area (Å²) in [6.07, 6.45) is 0. The number of hydrogen-bond donors (Lipinski definition) is 2. The first-order chi connectivity index (χ1) is 8.42. The molecule has 0 spiro atoms. The van der Waals surface area contributed by atoms with E-state index in [1.54, 1.807) is 0 Å². The number of aromatic nitrogens is 2. The van der Waals surface area contributed by atoms with E-state index in [1.807, 2.05) is 0 Å². The van der Waals surface area contributed by atoms with E-state index in [4.69, 9.17) is 28.9 Å². The van der Waals surface area contributed by atoms with E-state index < -0.39 is 10.0 Å². The van der Waals surface area contributed by atoms with Crippen molar-refractivity contribution in [3.63, 3.8) is 0 Å². The first-order valence-electron chi connectivity index (χ1n) is 4.44. The fourth-order valence-corrected chi connectivity index (χ4v) is 3.60. The van der Waals surface area contributed by atoms with Gasteiger partial charge in [-0.1, -0.05) is 34.5 Å². The van der Waals surface area contributed by atoms with E-state index in [9.17, 15) is 8.42 Å². The Morgan fingerprint density at radius 2 is 2.06 bits per heavy atom. The average molecular weight is 325 g/mol. The molecule has 3 N–H and O–H groups in total. The lowest BCUT2D eigenvalue weighted by atomic mass is 10.3. The summed E-state index contributed by atoms with van der Waals surface area (Å²) in [5, 5.41) is 7.29. The van der Waals surface area contributed by atoms with Gasteiger partial charge in [0.1, 0.15) is 10.4 Å². The van der Waals surface area contributed by atoms with Crippen LogP contribution in [0.25, 0.3) is 0 Å². The Bertz CT molecular complexity index is 673. The van der Waals surface area contributed by atoms with Crippen LogP contribution in [0.5, 0.6) is 0 Å². The van der Waals surface area contributed by atoms with E-state index in [1.165, 1.54) is 17.6 Å². The molecule has 0 atom stereocenters. The number of halogens is 2. The fourth-order valence-electron chi connectivity index (χ4n) is 1.14. The molecule has 0 saturated carbocycles. The lowest BCUT2D eigenvalue weighted by molar-refractivity contribution is 0.601. The van der Waals surface area contributed by atoms with Crippen LogP contribution in [0.3, 0.4) is 0 Å². The van der Waals surface area contributed by atoms with E-state index in [0.29, 0.717) is 0 Å². The van der Waals surface area contributed by atoms with Crippen molar-refractivity contribution in [2.75, 3.05) is 10.5 Å². The standard InChI is InChI=1S/C8H6Cl2N4O2S2/c9-4-1-2-5(6(10)7(4)11)18(15,16)14-8-13-12-3-17-8/h1-3H,11H2,(H,13,14). The van der Waals surface area contributed by atoms with Crippen LogP contribution >= 0.6 is 34.5 Å². The smallest absolute Gasteiger partial charge is 0.265 e. The van der Waals surface area contributed by atoms with Crippen molar-refractivity contribution in [2.24, 2.45) is 0 Å². The van der Waals surface area contributed by atoms with Crippen LogP contribution in [0, 0.1) is 0 Å². The summed E-state index contributed by atoms with van der Waals surface area (Å²) in [6, 6.07) is 2.63. The molecule has 6 nitrogen and oxygen atoms in total. The van der Waals surface area contributed by atoms with E-state index in [0.717, 1.165) is 11.3 Å². The molecule has 0 aliphatic heterocycles. The molecule has 2 aromatic rings. The molecule has 10 heteroatoms. The third-order valence-corrected chi connectivity index (χ3v) is 4.93. The molecule has 1 heterocycles. The lowest BCUT2D eigenvalue weighted by Gasteiger charge is -2.09. The van der Waals surface area contributed by atoms with Crippen molar-refractivity contribution < 1.29 is 8.42 Å². The van der Waals surface area contributed by atoms with Gasteiger partial charge >= 0.3 is 0 Å². The zero-order valence-corrected chi connectivity index (χ0v) is 11.7. The Hall–Kier alpha value is -1.09. The molecule has 0 bridgehead atoms. The van der Waals surface area contributed by atoms with E-state index >= 15 is 0 Å². The molecule has 1 aromatic heterocycles. The van der Waals surface area contributed by atoms with Gasteiger partial charge in [0, 0.05) is 0 Å². The van der Waals surface area contributed by atoms with Crippen molar-refractivity contribution in [1.29, 1.82) is 0 Å². The number of nitrogens with one attached hydrogen (secondary N) is 1. The minimum Gasteiger partial charge on any atom is -0.396 e.